The van der Waals surface area contributed by atoms with Gasteiger partial charge in [-0.1, -0.05) is 36.4 Å². The fourth-order valence-electron chi connectivity index (χ4n) is 3.48. The van der Waals surface area contributed by atoms with Crippen LogP contribution in [0.1, 0.15) is 32.8 Å². The van der Waals surface area contributed by atoms with Crippen LogP contribution in [0.25, 0.3) is 0 Å². The summed E-state index contributed by atoms with van der Waals surface area (Å²) in [5.41, 5.74) is 0.286. The first-order valence-electron chi connectivity index (χ1n) is 11.6. The monoisotopic (exact) mass is 573 g/mol. The molecule has 0 saturated heterocycles. The lowest BCUT2D eigenvalue weighted by atomic mass is 10.2. The summed E-state index contributed by atoms with van der Waals surface area (Å²) < 4.78 is 95.7. The lowest BCUT2D eigenvalue weighted by molar-refractivity contribution is -0.171. The fourth-order valence-corrected chi connectivity index (χ4v) is 6.18. The van der Waals surface area contributed by atoms with Crippen molar-refractivity contribution in [3.05, 3.63) is 84.4 Å². The molecule has 3 aromatic carbocycles. The summed E-state index contributed by atoms with van der Waals surface area (Å²) in [5.74, 6) is -4.30. The first-order valence-corrected chi connectivity index (χ1v) is 14.3. The van der Waals surface area contributed by atoms with Gasteiger partial charge in [-0.2, -0.15) is 26.0 Å². The van der Waals surface area contributed by atoms with Crippen LogP contribution in [-0.2, 0) is 32.4 Å². The molecule has 1 N–H and O–H groups in total. The predicted octanol–water partition coefficient (Wildman–Crippen LogP) is 6.98. The molecule has 0 bridgehead atoms. The van der Waals surface area contributed by atoms with Crippen molar-refractivity contribution >= 4 is 21.0 Å². The van der Waals surface area contributed by atoms with Gasteiger partial charge in [-0.15, -0.1) is 0 Å². The van der Waals surface area contributed by atoms with Crippen molar-refractivity contribution in [2.75, 3.05) is 6.61 Å². The van der Waals surface area contributed by atoms with Gasteiger partial charge in [0.2, 0.25) is 0 Å². The number of hydrogen-bond acceptors (Lipinski definition) is 4. The van der Waals surface area contributed by atoms with Gasteiger partial charge in [0.05, 0.1) is 24.1 Å². The summed E-state index contributed by atoms with van der Waals surface area (Å²) in [5, 5.41) is -5.62. The SMILES string of the molecule is CC(C)(C)Oc1ccc([S+](c2ccccc2)c2ccccc2COCCC(F)(F)C(F)(F)S(=O)(=O)O)cc1. The third-order valence-corrected chi connectivity index (χ3v) is 8.49. The Bertz CT molecular complexity index is 1310. The van der Waals surface area contributed by atoms with E-state index in [1.165, 1.54) is 0 Å². The van der Waals surface area contributed by atoms with Gasteiger partial charge in [0, 0.05) is 12.0 Å². The molecule has 0 aliphatic heterocycles. The van der Waals surface area contributed by atoms with Crippen LogP contribution < -0.4 is 4.74 Å². The van der Waals surface area contributed by atoms with Crippen LogP contribution in [0.3, 0.4) is 0 Å². The number of ether oxygens (including phenoxy) is 2. The maximum Gasteiger partial charge on any atom is 0.431 e. The number of alkyl halides is 4. The average molecular weight is 574 g/mol. The van der Waals surface area contributed by atoms with Crippen molar-refractivity contribution in [3.8, 4) is 5.75 Å². The second kappa shape index (κ2) is 11.6. The largest absolute Gasteiger partial charge is 0.488 e. The molecule has 5 nitrogen and oxygen atoms in total. The molecule has 0 fully saturated rings. The summed E-state index contributed by atoms with van der Waals surface area (Å²) in [6.45, 7) is 4.82. The van der Waals surface area contributed by atoms with Crippen LogP contribution >= 0.6 is 0 Å². The molecule has 11 heteroatoms. The Kier molecular flexibility index (Phi) is 9.18. The van der Waals surface area contributed by atoms with E-state index in [4.69, 9.17) is 14.0 Å². The molecule has 38 heavy (non-hydrogen) atoms. The molecule has 0 spiro atoms. The molecule has 0 radical (unpaired) electrons. The lowest BCUT2D eigenvalue weighted by Gasteiger charge is -2.23. The van der Waals surface area contributed by atoms with Crippen LogP contribution in [-0.4, -0.2) is 36.4 Å². The summed E-state index contributed by atoms with van der Waals surface area (Å²) in [4.78, 5) is 2.80. The third kappa shape index (κ3) is 7.28. The highest BCUT2D eigenvalue weighted by atomic mass is 32.2. The van der Waals surface area contributed by atoms with Crippen molar-refractivity contribution in [2.24, 2.45) is 0 Å². The van der Waals surface area contributed by atoms with Gasteiger partial charge in [0.25, 0.3) is 0 Å². The molecule has 0 saturated carbocycles. The second-order valence-corrected chi connectivity index (χ2v) is 12.9. The van der Waals surface area contributed by atoms with Gasteiger partial charge in [-0.3, -0.25) is 4.55 Å². The highest BCUT2D eigenvalue weighted by Gasteiger charge is 2.65. The first-order chi connectivity index (χ1) is 17.6. The Morgan fingerprint density at radius 3 is 1.95 bits per heavy atom. The van der Waals surface area contributed by atoms with Crippen molar-refractivity contribution < 1.29 is 40.0 Å². The maximum absolute atomic E-state index is 13.8. The molecule has 0 aliphatic rings. The minimum absolute atomic E-state index is 0.175. The molecular formula is C27H29F4O5S2+. The van der Waals surface area contributed by atoms with Crippen LogP contribution in [0, 0.1) is 0 Å². The van der Waals surface area contributed by atoms with Crippen molar-refractivity contribution in [3.63, 3.8) is 0 Å². The molecule has 3 aromatic rings. The Balaban J connectivity index is 1.85. The van der Waals surface area contributed by atoms with E-state index < -0.39 is 45.2 Å². The van der Waals surface area contributed by atoms with E-state index in [9.17, 15) is 26.0 Å². The standard InChI is InChI=1S/C27H28F4O5S2/c1-25(2,3)36-21-13-15-23(16-14-21)37(22-10-5-4-6-11-22)24-12-8-7-9-20(24)19-35-18-17-26(28,29)27(30,31)38(32,33)34/h4-16H,17-19H2,1-3H3/p+1. The molecule has 3 rings (SSSR count). The first kappa shape index (κ1) is 29.9. The Hall–Kier alpha value is -2.60. The van der Waals surface area contributed by atoms with E-state index in [-0.39, 0.29) is 12.2 Å². The fraction of sp³-hybridized carbons (Fsp3) is 0.333. The van der Waals surface area contributed by atoms with E-state index in [2.05, 4.69) is 0 Å². The molecule has 0 aromatic heterocycles. The van der Waals surface area contributed by atoms with Gasteiger partial charge in [0.1, 0.15) is 11.4 Å². The van der Waals surface area contributed by atoms with Crippen LogP contribution in [0.2, 0.25) is 0 Å². The Labute approximate surface area is 222 Å². The van der Waals surface area contributed by atoms with E-state index in [0.717, 1.165) is 14.7 Å². The van der Waals surface area contributed by atoms with Crippen LogP contribution in [0.15, 0.2) is 93.5 Å². The molecule has 206 valence electrons. The second-order valence-electron chi connectivity index (χ2n) is 9.41. The molecular weight excluding hydrogens is 544 g/mol. The number of hydrogen-bond donors (Lipinski definition) is 1. The molecule has 0 amide bonds. The van der Waals surface area contributed by atoms with Crippen molar-refractivity contribution in [2.45, 2.75) is 65.3 Å². The maximum atomic E-state index is 13.8. The summed E-state index contributed by atoms with van der Waals surface area (Å²) in [6, 6.07) is 24.5. The summed E-state index contributed by atoms with van der Waals surface area (Å²) >= 11 is 0. The van der Waals surface area contributed by atoms with Gasteiger partial charge in [-0.25, -0.2) is 0 Å². The topological polar surface area (TPSA) is 72.8 Å². The zero-order chi connectivity index (χ0) is 28.2. The third-order valence-electron chi connectivity index (χ3n) is 5.22. The van der Waals surface area contributed by atoms with Crippen LogP contribution in [0.4, 0.5) is 17.6 Å². The molecule has 0 heterocycles. The number of benzene rings is 3. The van der Waals surface area contributed by atoms with Crippen molar-refractivity contribution in [1.82, 2.24) is 0 Å². The number of rotatable bonds is 11. The van der Waals surface area contributed by atoms with E-state index in [1.54, 1.807) is 12.1 Å². The Morgan fingerprint density at radius 2 is 1.37 bits per heavy atom. The number of halogens is 4. The van der Waals surface area contributed by atoms with Gasteiger partial charge in [-0.05, 0) is 63.2 Å². The van der Waals surface area contributed by atoms with Crippen LogP contribution in [0.5, 0.6) is 5.75 Å². The summed E-state index contributed by atoms with van der Waals surface area (Å²) in [6.07, 6.45) is -1.60. The molecule has 0 aliphatic carbocycles. The summed E-state index contributed by atoms with van der Waals surface area (Å²) in [7, 11) is -6.91. The zero-order valence-corrected chi connectivity index (χ0v) is 22.7. The normalized spacial score (nSPS) is 13.8. The smallest absolute Gasteiger partial charge is 0.431 e. The minimum Gasteiger partial charge on any atom is -0.488 e. The molecule has 1 unspecified atom stereocenters. The predicted molar refractivity (Wildman–Crippen MR) is 138 cm³/mol. The highest BCUT2D eigenvalue weighted by Crippen LogP contribution is 2.41. The van der Waals surface area contributed by atoms with Crippen molar-refractivity contribution in [1.29, 1.82) is 0 Å². The lowest BCUT2D eigenvalue weighted by Crippen LogP contribution is -2.47. The van der Waals surface area contributed by atoms with E-state index in [0.29, 0.717) is 11.3 Å². The average Bonchev–Trinajstić information content (AvgIpc) is 2.83. The van der Waals surface area contributed by atoms with Gasteiger partial charge in [0.15, 0.2) is 14.7 Å². The van der Waals surface area contributed by atoms with E-state index >= 15 is 0 Å². The van der Waals surface area contributed by atoms with E-state index in [1.807, 2.05) is 87.5 Å². The zero-order valence-electron chi connectivity index (χ0n) is 21.0. The minimum atomic E-state index is -6.29. The highest BCUT2D eigenvalue weighted by molar-refractivity contribution is 7.97. The molecule has 1 atom stereocenters. The van der Waals surface area contributed by atoms with Gasteiger partial charge < -0.3 is 9.47 Å². The quantitative estimate of drug-likeness (QED) is 0.116. The van der Waals surface area contributed by atoms with Gasteiger partial charge >= 0.3 is 21.3 Å². The Morgan fingerprint density at radius 1 is 0.816 bits per heavy atom.